The van der Waals surface area contributed by atoms with Crippen LogP contribution in [-0.4, -0.2) is 69.5 Å². The number of sulfonamides is 1. The monoisotopic (exact) mass is 612 g/mol. The van der Waals surface area contributed by atoms with Gasteiger partial charge in [-0.2, -0.15) is 13.2 Å². The van der Waals surface area contributed by atoms with Crippen LogP contribution in [0.4, 0.5) is 24.5 Å². The number of piperazine rings is 1. The number of hydrogen-bond acceptors (Lipinski definition) is 7. The molecule has 0 spiro atoms. The van der Waals surface area contributed by atoms with Crippen LogP contribution in [-0.2, 0) is 21.0 Å². The lowest BCUT2D eigenvalue weighted by Crippen LogP contribution is -2.58. The molecular weight excluding hydrogens is 585 g/mol. The maximum atomic E-state index is 12.8. The first kappa shape index (κ1) is 30.4. The van der Waals surface area contributed by atoms with E-state index >= 15 is 0 Å². The van der Waals surface area contributed by atoms with Gasteiger partial charge in [0.25, 0.3) is 5.91 Å². The molecule has 1 fully saturated rings. The molecule has 1 aliphatic rings. The van der Waals surface area contributed by atoms with Crippen LogP contribution in [0.15, 0.2) is 72.8 Å². The van der Waals surface area contributed by atoms with E-state index in [9.17, 15) is 31.6 Å². The summed E-state index contributed by atoms with van der Waals surface area (Å²) in [7, 11) is -3.87. The quantitative estimate of drug-likeness (QED) is 0.269. The van der Waals surface area contributed by atoms with E-state index in [0.717, 1.165) is 28.4 Å². The number of rotatable bonds is 9. The number of alkyl halides is 3. The van der Waals surface area contributed by atoms with Gasteiger partial charge in [-0.15, -0.1) is 0 Å². The Kier molecular flexibility index (Phi) is 9.32. The number of carbonyl (C=O) groups excluding carboxylic acids is 1. The minimum atomic E-state index is -4.47. The van der Waals surface area contributed by atoms with Crippen molar-refractivity contribution in [2.45, 2.75) is 12.2 Å². The number of nitrogens with one attached hydrogen (secondary N) is 1. The number of anilines is 2. The fourth-order valence-electron chi connectivity index (χ4n) is 4.50. The molecule has 0 bridgehead atoms. The maximum Gasteiger partial charge on any atom is 0.416 e. The highest BCUT2D eigenvalue weighted by Crippen LogP contribution is 2.32. The molecule has 0 radical (unpaired) electrons. The van der Waals surface area contributed by atoms with Crippen molar-refractivity contribution in [2.24, 2.45) is 0 Å². The SMILES string of the molecule is CS(=O)(=O)N(CC(C(=O)NO)N1CCN(c2ccc(Cl)cc2)CC1)c1ccc(Oc2ccc(C(F)(F)F)cc2)cc1. The molecule has 0 aliphatic carbocycles. The molecule has 220 valence electrons. The third-order valence-electron chi connectivity index (χ3n) is 6.64. The molecule has 3 aromatic carbocycles. The second-order valence-electron chi connectivity index (χ2n) is 9.40. The van der Waals surface area contributed by atoms with Crippen molar-refractivity contribution in [1.82, 2.24) is 10.4 Å². The molecule has 9 nitrogen and oxygen atoms in total. The fraction of sp³-hybridized carbons (Fsp3) is 0.296. The third-order valence-corrected chi connectivity index (χ3v) is 8.05. The summed E-state index contributed by atoms with van der Waals surface area (Å²) in [6.07, 6.45) is -3.46. The molecule has 4 rings (SSSR count). The molecule has 1 amide bonds. The standard InChI is InChI=1S/C27H28ClF3N4O5S/c1-41(38,39)35(22-8-12-24(13-9-22)40-23-10-2-19(3-11-23)27(29,30)31)18-25(26(36)32-37)34-16-14-33(15-17-34)21-6-4-20(28)5-7-21/h2-13,25,37H,14-18H2,1H3,(H,32,36). The van der Waals surface area contributed by atoms with Crippen molar-refractivity contribution in [2.75, 3.05) is 48.2 Å². The summed E-state index contributed by atoms with van der Waals surface area (Å²) in [6.45, 7) is 1.71. The molecule has 0 aromatic heterocycles. The van der Waals surface area contributed by atoms with E-state index in [1.807, 2.05) is 12.1 Å². The van der Waals surface area contributed by atoms with E-state index < -0.39 is 33.7 Å². The Morgan fingerprint density at radius 3 is 2.00 bits per heavy atom. The molecule has 0 saturated carbocycles. The first-order valence-electron chi connectivity index (χ1n) is 12.5. The maximum absolute atomic E-state index is 12.8. The Labute approximate surface area is 240 Å². The first-order valence-corrected chi connectivity index (χ1v) is 14.7. The summed E-state index contributed by atoms with van der Waals surface area (Å²) in [5.41, 5.74) is 2.05. The lowest BCUT2D eigenvalue weighted by molar-refractivity contribution is -0.137. The second kappa shape index (κ2) is 12.6. The molecule has 1 saturated heterocycles. The summed E-state index contributed by atoms with van der Waals surface area (Å²) in [6, 6.07) is 16.4. The number of benzene rings is 3. The minimum Gasteiger partial charge on any atom is -0.457 e. The van der Waals surface area contributed by atoms with Crippen molar-refractivity contribution in [3.05, 3.63) is 83.4 Å². The second-order valence-corrected chi connectivity index (χ2v) is 11.7. The minimum absolute atomic E-state index is 0.170. The van der Waals surface area contributed by atoms with E-state index in [1.54, 1.807) is 22.5 Å². The molecular formula is C27H28ClF3N4O5S. The van der Waals surface area contributed by atoms with Crippen LogP contribution in [0, 0.1) is 0 Å². The van der Waals surface area contributed by atoms with Gasteiger partial charge in [0, 0.05) is 36.9 Å². The molecule has 14 heteroatoms. The van der Waals surface area contributed by atoms with E-state index in [-0.39, 0.29) is 23.7 Å². The lowest BCUT2D eigenvalue weighted by Gasteiger charge is -2.40. The van der Waals surface area contributed by atoms with Crippen LogP contribution < -0.4 is 19.4 Å². The zero-order valence-electron chi connectivity index (χ0n) is 21.9. The van der Waals surface area contributed by atoms with Gasteiger partial charge < -0.3 is 9.64 Å². The predicted octanol–water partition coefficient (Wildman–Crippen LogP) is 4.61. The van der Waals surface area contributed by atoms with E-state index in [1.165, 1.54) is 36.4 Å². The van der Waals surface area contributed by atoms with Crippen molar-refractivity contribution in [3.8, 4) is 11.5 Å². The summed E-state index contributed by atoms with van der Waals surface area (Å²) >= 11 is 5.98. The van der Waals surface area contributed by atoms with Crippen LogP contribution in [0.5, 0.6) is 11.5 Å². The van der Waals surface area contributed by atoms with Gasteiger partial charge in [-0.05, 0) is 72.8 Å². The Bertz CT molecular complexity index is 1430. The van der Waals surface area contributed by atoms with Crippen molar-refractivity contribution >= 4 is 38.9 Å². The van der Waals surface area contributed by atoms with Gasteiger partial charge in [0.1, 0.15) is 17.5 Å². The highest BCUT2D eigenvalue weighted by Gasteiger charge is 2.34. The molecule has 1 atom stereocenters. The lowest BCUT2D eigenvalue weighted by atomic mass is 10.1. The molecule has 41 heavy (non-hydrogen) atoms. The number of hydrogen-bond donors (Lipinski definition) is 2. The average molecular weight is 613 g/mol. The molecule has 3 aromatic rings. The number of amides is 1. The summed E-state index contributed by atoms with van der Waals surface area (Å²) in [5, 5.41) is 10.0. The van der Waals surface area contributed by atoms with Gasteiger partial charge in [-0.3, -0.25) is 19.2 Å². The van der Waals surface area contributed by atoms with Crippen molar-refractivity contribution in [3.63, 3.8) is 0 Å². The van der Waals surface area contributed by atoms with Crippen LogP contribution in [0.3, 0.4) is 0 Å². The Balaban J connectivity index is 1.47. The zero-order chi connectivity index (χ0) is 29.8. The number of carbonyl (C=O) groups is 1. The average Bonchev–Trinajstić information content (AvgIpc) is 2.94. The number of nitrogens with zero attached hydrogens (tertiary/aromatic N) is 3. The largest absolute Gasteiger partial charge is 0.457 e. The molecule has 2 N–H and O–H groups in total. The summed E-state index contributed by atoms with van der Waals surface area (Å²) in [4.78, 5) is 16.6. The number of halogens is 4. The van der Waals surface area contributed by atoms with Gasteiger partial charge in [-0.25, -0.2) is 13.9 Å². The highest BCUT2D eigenvalue weighted by molar-refractivity contribution is 7.92. The van der Waals surface area contributed by atoms with Gasteiger partial charge in [0.2, 0.25) is 10.0 Å². The van der Waals surface area contributed by atoms with Crippen LogP contribution >= 0.6 is 11.6 Å². The fourth-order valence-corrected chi connectivity index (χ4v) is 5.54. The normalized spacial score (nSPS) is 15.3. The highest BCUT2D eigenvalue weighted by atomic mass is 35.5. The molecule has 1 aliphatic heterocycles. The van der Waals surface area contributed by atoms with E-state index in [0.29, 0.717) is 31.2 Å². The van der Waals surface area contributed by atoms with Gasteiger partial charge in [-0.1, -0.05) is 11.6 Å². The molecule has 1 unspecified atom stereocenters. The Morgan fingerprint density at radius 2 is 1.51 bits per heavy atom. The summed E-state index contributed by atoms with van der Waals surface area (Å²) < 4.78 is 70.6. The first-order chi connectivity index (χ1) is 19.3. The molecule has 1 heterocycles. The van der Waals surface area contributed by atoms with Crippen LogP contribution in [0.1, 0.15) is 5.56 Å². The van der Waals surface area contributed by atoms with E-state index in [4.69, 9.17) is 16.3 Å². The van der Waals surface area contributed by atoms with Crippen molar-refractivity contribution in [1.29, 1.82) is 0 Å². The smallest absolute Gasteiger partial charge is 0.416 e. The predicted molar refractivity (Wildman–Crippen MR) is 149 cm³/mol. The summed E-state index contributed by atoms with van der Waals surface area (Å²) in [5.74, 6) is -0.311. The number of ether oxygens (including phenoxy) is 1. The van der Waals surface area contributed by atoms with Crippen molar-refractivity contribution < 1.29 is 36.3 Å². The van der Waals surface area contributed by atoms with Gasteiger partial charge in [0.15, 0.2) is 0 Å². The Hall–Kier alpha value is -3.52. The van der Waals surface area contributed by atoms with Crippen LogP contribution in [0.25, 0.3) is 0 Å². The zero-order valence-corrected chi connectivity index (χ0v) is 23.5. The number of hydroxylamine groups is 1. The van der Waals surface area contributed by atoms with Gasteiger partial charge >= 0.3 is 6.18 Å². The van der Waals surface area contributed by atoms with Crippen LogP contribution in [0.2, 0.25) is 5.02 Å². The third kappa shape index (κ3) is 7.82. The topological polar surface area (TPSA) is 102 Å². The van der Waals surface area contributed by atoms with E-state index in [2.05, 4.69) is 4.90 Å². The Morgan fingerprint density at radius 1 is 0.976 bits per heavy atom. The van der Waals surface area contributed by atoms with Gasteiger partial charge in [0.05, 0.1) is 24.1 Å².